The lowest BCUT2D eigenvalue weighted by Crippen LogP contribution is -1.90. The standard InChI is InChI=1S/C12H11Cl2N/c1-7-3-8(2)10-5-9(6-13)12(14)15-11(10)4-7/h3-5H,6H2,1-2H3. The fourth-order valence-electron chi connectivity index (χ4n) is 1.74. The highest BCUT2D eigenvalue weighted by atomic mass is 35.5. The molecule has 1 aromatic heterocycles. The largest absolute Gasteiger partial charge is 0.236 e. The molecular formula is C12H11Cl2N. The van der Waals surface area contributed by atoms with Gasteiger partial charge in [-0.05, 0) is 37.1 Å². The van der Waals surface area contributed by atoms with Gasteiger partial charge in [-0.25, -0.2) is 4.98 Å². The summed E-state index contributed by atoms with van der Waals surface area (Å²) in [7, 11) is 0. The molecule has 15 heavy (non-hydrogen) atoms. The average molecular weight is 240 g/mol. The van der Waals surface area contributed by atoms with Crippen molar-refractivity contribution in [1.82, 2.24) is 4.98 Å². The quantitative estimate of drug-likeness (QED) is 0.536. The fraction of sp³-hybridized carbons (Fsp3) is 0.250. The molecule has 0 atom stereocenters. The monoisotopic (exact) mass is 239 g/mol. The van der Waals surface area contributed by atoms with E-state index in [0.29, 0.717) is 11.0 Å². The van der Waals surface area contributed by atoms with E-state index in [2.05, 4.69) is 24.9 Å². The second kappa shape index (κ2) is 3.99. The highest BCUT2D eigenvalue weighted by Crippen LogP contribution is 2.25. The molecule has 0 bridgehead atoms. The maximum absolute atomic E-state index is 6.01. The van der Waals surface area contributed by atoms with Crippen molar-refractivity contribution in [3.63, 3.8) is 0 Å². The van der Waals surface area contributed by atoms with Crippen LogP contribution in [0.3, 0.4) is 0 Å². The van der Waals surface area contributed by atoms with Crippen LogP contribution in [0, 0.1) is 13.8 Å². The van der Waals surface area contributed by atoms with Crippen molar-refractivity contribution < 1.29 is 0 Å². The third kappa shape index (κ3) is 1.95. The van der Waals surface area contributed by atoms with Crippen LogP contribution in [0.15, 0.2) is 18.2 Å². The number of nitrogens with zero attached hydrogens (tertiary/aromatic N) is 1. The summed E-state index contributed by atoms with van der Waals surface area (Å²) in [5, 5.41) is 1.63. The molecule has 0 aliphatic carbocycles. The van der Waals surface area contributed by atoms with Crippen LogP contribution in [0.4, 0.5) is 0 Å². The number of aryl methyl sites for hydroxylation is 2. The van der Waals surface area contributed by atoms with Crippen molar-refractivity contribution in [2.24, 2.45) is 0 Å². The molecule has 0 amide bonds. The number of alkyl halides is 1. The van der Waals surface area contributed by atoms with Gasteiger partial charge in [-0.1, -0.05) is 17.7 Å². The molecule has 1 aromatic carbocycles. The van der Waals surface area contributed by atoms with Crippen molar-refractivity contribution >= 4 is 34.1 Å². The van der Waals surface area contributed by atoms with Crippen molar-refractivity contribution in [2.45, 2.75) is 19.7 Å². The van der Waals surface area contributed by atoms with E-state index < -0.39 is 0 Å². The zero-order valence-corrected chi connectivity index (χ0v) is 10.2. The molecule has 0 aliphatic rings. The Morgan fingerprint density at radius 3 is 2.60 bits per heavy atom. The van der Waals surface area contributed by atoms with Gasteiger partial charge in [0.1, 0.15) is 5.15 Å². The van der Waals surface area contributed by atoms with Crippen molar-refractivity contribution in [1.29, 1.82) is 0 Å². The first-order valence-corrected chi connectivity index (χ1v) is 5.65. The summed E-state index contributed by atoms with van der Waals surface area (Å²) in [6.45, 7) is 4.13. The molecule has 2 aromatic rings. The molecule has 0 unspecified atom stereocenters. The number of fused-ring (bicyclic) bond motifs is 1. The number of rotatable bonds is 1. The van der Waals surface area contributed by atoms with Crippen LogP contribution in [0.2, 0.25) is 5.15 Å². The predicted octanol–water partition coefficient (Wildman–Crippen LogP) is 4.24. The number of hydrogen-bond donors (Lipinski definition) is 0. The van der Waals surface area contributed by atoms with Crippen LogP contribution in [-0.4, -0.2) is 4.98 Å². The first-order chi connectivity index (χ1) is 7.11. The lowest BCUT2D eigenvalue weighted by molar-refractivity contribution is 1.28. The van der Waals surface area contributed by atoms with E-state index in [1.807, 2.05) is 12.1 Å². The third-order valence-corrected chi connectivity index (χ3v) is 3.07. The lowest BCUT2D eigenvalue weighted by atomic mass is 10.1. The topological polar surface area (TPSA) is 12.9 Å². The zero-order chi connectivity index (χ0) is 11.0. The summed E-state index contributed by atoms with van der Waals surface area (Å²) in [6.07, 6.45) is 0. The summed E-state index contributed by atoms with van der Waals surface area (Å²) in [5.41, 5.74) is 4.23. The van der Waals surface area contributed by atoms with E-state index in [1.54, 1.807) is 0 Å². The van der Waals surface area contributed by atoms with E-state index in [-0.39, 0.29) is 0 Å². The summed E-state index contributed by atoms with van der Waals surface area (Å²) in [6, 6.07) is 6.19. The number of halogens is 2. The molecule has 0 spiro atoms. The molecular weight excluding hydrogens is 229 g/mol. The van der Waals surface area contributed by atoms with E-state index in [9.17, 15) is 0 Å². The Hall–Kier alpha value is -0.790. The second-order valence-electron chi connectivity index (χ2n) is 3.72. The Balaban J connectivity index is 2.81. The minimum Gasteiger partial charge on any atom is -0.236 e. The van der Waals surface area contributed by atoms with Gasteiger partial charge in [-0.3, -0.25) is 0 Å². The van der Waals surface area contributed by atoms with Gasteiger partial charge >= 0.3 is 0 Å². The number of aromatic nitrogens is 1. The first-order valence-electron chi connectivity index (χ1n) is 4.74. The Kier molecular flexibility index (Phi) is 2.85. The molecule has 1 heterocycles. The maximum atomic E-state index is 6.01. The Bertz CT molecular complexity index is 521. The summed E-state index contributed by atoms with van der Waals surface area (Å²) in [4.78, 5) is 4.35. The smallest absolute Gasteiger partial charge is 0.134 e. The lowest BCUT2D eigenvalue weighted by Gasteiger charge is -2.06. The van der Waals surface area contributed by atoms with Gasteiger partial charge in [-0.15, -0.1) is 11.6 Å². The van der Waals surface area contributed by atoms with Gasteiger partial charge in [0.25, 0.3) is 0 Å². The fourth-order valence-corrected chi connectivity index (χ4v) is 2.23. The van der Waals surface area contributed by atoms with Crippen molar-refractivity contribution in [2.75, 3.05) is 0 Å². The van der Waals surface area contributed by atoms with E-state index in [0.717, 1.165) is 16.5 Å². The normalized spacial score (nSPS) is 10.9. The summed E-state index contributed by atoms with van der Waals surface area (Å²) < 4.78 is 0. The SMILES string of the molecule is Cc1cc(C)c2cc(CCl)c(Cl)nc2c1. The zero-order valence-electron chi connectivity index (χ0n) is 8.64. The van der Waals surface area contributed by atoms with Crippen LogP contribution in [0.1, 0.15) is 16.7 Å². The Morgan fingerprint density at radius 2 is 1.93 bits per heavy atom. The molecule has 0 radical (unpaired) electrons. The Labute approximate surface area is 99.0 Å². The van der Waals surface area contributed by atoms with Crippen LogP contribution in [-0.2, 0) is 5.88 Å². The summed E-state index contributed by atoms with van der Waals surface area (Å²) in [5.74, 6) is 0.398. The predicted molar refractivity (Wildman–Crippen MR) is 65.8 cm³/mol. The van der Waals surface area contributed by atoms with Crippen LogP contribution in [0.5, 0.6) is 0 Å². The number of benzene rings is 1. The molecule has 2 rings (SSSR count). The molecule has 3 heteroatoms. The molecule has 0 saturated heterocycles. The van der Waals surface area contributed by atoms with Gasteiger partial charge < -0.3 is 0 Å². The van der Waals surface area contributed by atoms with Gasteiger partial charge in [0.15, 0.2) is 0 Å². The van der Waals surface area contributed by atoms with Crippen LogP contribution in [0.25, 0.3) is 10.9 Å². The van der Waals surface area contributed by atoms with Gasteiger partial charge in [0.2, 0.25) is 0 Å². The number of pyridine rings is 1. The number of hydrogen-bond acceptors (Lipinski definition) is 1. The second-order valence-corrected chi connectivity index (χ2v) is 4.35. The van der Waals surface area contributed by atoms with E-state index >= 15 is 0 Å². The van der Waals surface area contributed by atoms with E-state index in [1.165, 1.54) is 11.1 Å². The summed E-state index contributed by atoms with van der Waals surface area (Å²) >= 11 is 11.8. The van der Waals surface area contributed by atoms with Gasteiger partial charge in [-0.2, -0.15) is 0 Å². The minimum atomic E-state index is 0.398. The van der Waals surface area contributed by atoms with Crippen molar-refractivity contribution in [3.8, 4) is 0 Å². The Morgan fingerprint density at radius 1 is 1.20 bits per heavy atom. The van der Waals surface area contributed by atoms with Crippen LogP contribution < -0.4 is 0 Å². The highest BCUT2D eigenvalue weighted by molar-refractivity contribution is 6.31. The van der Waals surface area contributed by atoms with Crippen molar-refractivity contribution in [3.05, 3.63) is 40.0 Å². The maximum Gasteiger partial charge on any atom is 0.134 e. The molecule has 0 fully saturated rings. The molecule has 0 N–H and O–H groups in total. The average Bonchev–Trinajstić information content (AvgIpc) is 2.16. The van der Waals surface area contributed by atoms with Gasteiger partial charge in [0.05, 0.1) is 11.4 Å². The minimum absolute atomic E-state index is 0.398. The molecule has 0 aliphatic heterocycles. The highest BCUT2D eigenvalue weighted by Gasteiger charge is 2.06. The molecule has 0 saturated carbocycles. The molecule has 78 valence electrons. The van der Waals surface area contributed by atoms with Crippen LogP contribution >= 0.6 is 23.2 Å². The van der Waals surface area contributed by atoms with E-state index in [4.69, 9.17) is 23.2 Å². The first kappa shape index (κ1) is 10.7. The molecule has 1 nitrogen and oxygen atoms in total. The third-order valence-electron chi connectivity index (χ3n) is 2.46. The van der Waals surface area contributed by atoms with Gasteiger partial charge in [0, 0.05) is 10.9 Å².